The summed E-state index contributed by atoms with van der Waals surface area (Å²) in [5, 5.41) is 0.932. The van der Waals surface area contributed by atoms with Gasteiger partial charge in [0.2, 0.25) is 0 Å². The number of hydrogen-bond donors (Lipinski definition) is 0. The standard InChI is InChI=1S/C14H14FNO/c15-11-1-6-14-10(9-11)7-8-16(14)12-2-4-13(17)5-3-12/h1,6-9,12H,2-5H2. The van der Waals surface area contributed by atoms with E-state index in [1.807, 2.05) is 18.3 Å². The van der Waals surface area contributed by atoms with Crippen molar-refractivity contribution in [1.82, 2.24) is 4.57 Å². The summed E-state index contributed by atoms with van der Waals surface area (Å²) >= 11 is 0. The number of nitrogens with zero attached hydrogens (tertiary/aromatic N) is 1. The van der Waals surface area contributed by atoms with Gasteiger partial charge in [-0.2, -0.15) is 0 Å². The number of ketones is 1. The first-order valence-corrected chi connectivity index (χ1v) is 6.02. The molecule has 0 radical (unpaired) electrons. The number of benzene rings is 1. The summed E-state index contributed by atoms with van der Waals surface area (Å²) in [6.07, 6.45) is 5.15. The van der Waals surface area contributed by atoms with Crippen molar-refractivity contribution in [3.8, 4) is 0 Å². The number of rotatable bonds is 1. The van der Waals surface area contributed by atoms with Gasteiger partial charge < -0.3 is 4.57 Å². The molecule has 1 heterocycles. The van der Waals surface area contributed by atoms with E-state index in [0.717, 1.165) is 23.7 Å². The van der Waals surface area contributed by atoms with Crippen LogP contribution in [0.25, 0.3) is 10.9 Å². The molecule has 2 nitrogen and oxygen atoms in total. The third kappa shape index (κ3) is 1.86. The van der Waals surface area contributed by atoms with Crippen LogP contribution in [0.4, 0.5) is 4.39 Å². The van der Waals surface area contributed by atoms with E-state index < -0.39 is 0 Å². The molecule has 2 aromatic rings. The molecule has 0 spiro atoms. The Bertz CT molecular complexity index is 563. The van der Waals surface area contributed by atoms with Crippen LogP contribution in [0, 0.1) is 5.82 Å². The van der Waals surface area contributed by atoms with Crippen molar-refractivity contribution < 1.29 is 9.18 Å². The van der Waals surface area contributed by atoms with Crippen LogP contribution in [0.1, 0.15) is 31.7 Å². The number of fused-ring (bicyclic) bond motifs is 1. The van der Waals surface area contributed by atoms with Crippen molar-refractivity contribution in [2.75, 3.05) is 0 Å². The van der Waals surface area contributed by atoms with Gasteiger partial charge in [-0.1, -0.05) is 0 Å². The van der Waals surface area contributed by atoms with Crippen molar-refractivity contribution in [2.24, 2.45) is 0 Å². The van der Waals surface area contributed by atoms with Gasteiger partial charge in [0.1, 0.15) is 11.6 Å². The second kappa shape index (κ2) is 3.99. The summed E-state index contributed by atoms with van der Waals surface area (Å²) in [7, 11) is 0. The Morgan fingerprint density at radius 2 is 1.94 bits per heavy atom. The van der Waals surface area contributed by atoms with Crippen molar-refractivity contribution in [3.05, 3.63) is 36.3 Å². The smallest absolute Gasteiger partial charge is 0.133 e. The van der Waals surface area contributed by atoms with Gasteiger partial charge in [-0.05, 0) is 37.1 Å². The van der Waals surface area contributed by atoms with Gasteiger partial charge in [0.25, 0.3) is 0 Å². The fraction of sp³-hybridized carbons (Fsp3) is 0.357. The maximum absolute atomic E-state index is 13.1. The third-order valence-corrected chi connectivity index (χ3v) is 3.59. The van der Waals surface area contributed by atoms with E-state index in [2.05, 4.69) is 4.57 Å². The van der Waals surface area contributed by atoms with Gasteiger partial charge in [-0.15, -0.1) is 0 Å². The highest BCUT2D eigenvalue weighted by molar-refractivity contribution is 5.81. The van der Waals surface area contributed by atoms with Crippen LogP contribution in [0.2, 0.25) is 0 Å². The molecule has 0 amide bonds. The van der Waals surface area contributed by atoms with Crippen LogP contribution >= 0.6 is 0 Å². The lowest BCUT2D eigenvalue weighted by atomic mass is 9.94. The maximum atomic E-state index is 13.1. The molecule has 0 unspecified atom stereocenters. The minimum absolute atomic E-state index is 0.200. The SMILES string of the molecule is O=C1CCC(n2ccc3cc(F)ccc32)CC1. The average molecular weight is 231 g/mol. The van der Waals surface area contributed by atoms with Gasteiger partial charge in [0.15, 0.2) is 0 Å². The Balaban J connectivity index is 1.97. The van der Waals surface area contributed by atoms with Gasteiger partial charge in [0.05, 0.1) is 0 Å². The first-order chi connectivity index (χ1) is 8.24. The molecular formula is C14H14FNO. The van der Waals surface area contributed by atoms with E-state index in [4.69, 9.17) is 0 Å². The quantitative estimate of drug-likeness (QED) is 0.736. The normalized spacial score (nSPS) is 17.8. The molecule has 0 bridgehead atoms. The minimum atomic E-state index is -0.200. The summed E-state index contributed by atoms with van der Waals surface area (Å²) in [5.41, 5.74) is 1.06. The average Bonchev–Trinajstić information content (AvgIpc) is 2.73. The van der Waals surface area contributed by atoms with Crippen LogP contribution in [-0.2, 0) is 4.79 Å². The topological polar surface area (TPSA) is 22.0 Å². The Labute approximate surface area is 99.0 Å². The van der Waals surface area contributed by atoms with Gasteiger partial charge >= 0.3 is 0 Å². The minimum Gasteiger partial charge on any atom is -0.344 e. The second-order valence-electron chi connectivity index (χ2n) is 4.70. The van der Waals surface area contributed by atoms with E-state index in [1.165, 1.54) is 6.07 Å². The Kier molecular flexibility index (Phi) is 2.46. The van der Waals surface area contributed by atoms with Crippen LogP contribution in [-0.4, -0.2) is 10.4 Å². The lowest BCUT2D eigenvalue weighted by molar-refractivity contribution is -0.120. The first kappa shape index (κ1) is 10.5. The van der Waals surface area contributed by atoms with Crippen molar-refractivity contribution in [1.29, 1.82) is 0 Å². The number of Topliss-reactive ketones (excluding diaryl/α,β-unsaturated/α-hetero) is 1. The fourth-order valence-electron chi connectivity index (χ4n) is 2.66. The third-order valence-electron chi connectivity index (χ3n) is 3.59. The molecule has 1 aromatic carbocycles. The predicted octanol–water partition coefficient (Wildman–Crippen LogP) is 3.46. The van der Waals surface area contributed by atoms with Crippen molar-refractivity contribution in [3.63, 3.8) is 0 Å². The first-order valence-electron chi connectivity index (χ1n) is 6.02. The highest BCUT2D eigenvalue weighted by atomic mass is 19.1. The molecule has 3 heteroatoms. The van der Waals surface area contributed by atoms with Crippen LogP contribution in [0.3, 0.4) is 0 Å². The molecule has 88 valence electrons. The van der Waals surface area contributed by atoms with Crippen molar-refractivity contribution >= 4 is 16.7 Å². The highest BCUT2D eigenvalue weighted by Gasteiger charge is 2.20. The summed E-state index contributed by atoms with van der Waals surface area (Å²) in [4.78, 5) is 11.2. The number of halogens is 1. The molecule has 0 saturated heterocycles. The number of aromatic nitrogens is 1. The molecule has 3 rings (SSSR count). The summed E-state index contributed by atoms with van der Waals surface area (Å²) in [6.45, 7) is 0. The molecule has 1 aromatic heterocycles. The molecule has 17 heavy (non-hydrogen) atoms. The molecule has 0 atom stereocenters. The van der Waals surface area contributed by atoms with Crippen LogP contribution in [0.5, 0.6) is 0 Å². The molecule has 0 N–H and O–H groups in total. The zero-order valence-corrected chi connectivity index (χ0v) is 9.53. The largest absolute Gasteiger partial charge is 0.344 e. The van der Waals surface area contributed by atoms with Gasteiger partial charge in [-0.25, -0.2) is 4.39 Å². The van der Waals surface area contributed by atoms with E-state index in [9.17, 15) is 9.18 Å². The molecule has 1 aliphatic carbocycles. The second-order valence-corrected chi connectivity index (χ2v) is 4.70. The van der Waals surface area contributed by atoms with Crippen LogP contribution < -0.4 is 0 Å². The Morgan fingerprint density at radius 1 is 1.18 bits per heavy atom. The summed E-state index contributed by atoms with van der Waals surface area (Å²) < 4.78 is 15.3. The summed E-state index contributed by atoms with van der Waals surface area (Å²) in [5.74, 6) is 0.165. The monoisotopic (exact) mass is 231 g/mol. The molecule has 0 aliphatic heterocycles. The number of hydrogen-bond acceptors (Lipinski definition) is 1. The zero-order valence-electron chi connectivity index (χ0n) is 9.53. The van der Waals surface area contributed by atoms with E-state index in [0.29, 0.717) is 24.7 Å². The molecule has 1 fully saturated rings. The van der Waals surface area contributed by atoms with E-state index in [1.54, 1.807) is 6.07 Å². The van der Waals surface area contributed by atoms with Gasteiger partial charge in [-0.3, -0.25) is 4.79 Å². The number of carbonyl (C=O) groups excluding carboxylic acids is 1. The Morgan fingerprint density at radius 3 is 2.71 bits per heavy atom. The molecule has 1 saturated carbocycles. The predicted molar refractivity (Wildman–Crippen MR) is 64.4 cm³/mol. The maximum Gasteiger partial charge on any atom is 0.133 e. The molecule has 1 aliphatic rings. The van der Waals surface area contributed by atoms with E-state index in [-0.39, 0.29) is 5.82 Å². The van der Waals surface area contributed by atoms with Gasteiger partial charge in [0, 0.05) is 36.0 Å². The number of carbonyl (C=O) groups is 1. The molecular weight excluding hydrogens is 217 g/mol. The highest BCUT2D eigenvalue weighted by Crippen LogP contribution is 2.30. The van der Waals surface area contributed by atoms with Crippen LogP contribution in [0.15, 0.2) is 30.5 Å². The summed E-state index contributed by atoms with van der Waals surface area (Å²) in [6, 6.07) is 7.19. The van der Waals surface area contributed by atoms with E-state index >= 15 is 0 Å². The fourth-order valence-corrected chi connectivity index (χ4v) is 2.66. The lowest BCUT2D eigenvalue weighted by Crippen LogP contribution is -2.17. The zero-order chi connectivity index (χ0) is 11.8. The Hall–Kier alpha value is -1.64. The lowest BCUT2D eigenvalue weighted by Gasteiger charge is -2.23. The van der Waals surface area contributed by atoms with Crippen molar-refractivity contribution in [2.45, 2.75) is 31.7 Å².